The van der Waals surface area contributed by atoms with E-state index in [4.69, 9.17) is 31.1 Å². The lowest BCUT2D eigenvalue weighted by Gasteiger charge is -2.24. The van der Waals surface area contributed by atoms with Crippen LogP contribution in [0.15, 0.2) is 36.7 Å². The van der Waals surface area contributed by atoms with Crippen molar-refractivity contribution in [2.45, 2.75) is 43.0 Å². The molecule has 1 aliphatic heterocycles. The number of carboxylic acid groups (broad SMARTS) is 1. The highest BCUT2D eigenvalue weighted by Gasteiger charge is 2.58. The fraction of sp³-hybridized carbons (Fsp3) is 0.429. The Morgan fingerprint density at radius 3 is 2.74 bits per heavy atom. The molecule has 1 fully saturated rings. The van der Waals surface area contributed by atoms with E-state index in [1.807, 2.05) is 0 Å². The summed E-state index contributed by atoms with van der Waals surface area (Å²) in [4.78, 5) is 23.8. The number of ether oxygens (including phenoxy) is 1. The van der Waals surface area contributed by atoms with E-state index >= 15 is 4.39 Å². The third-order valence-corrected chi connectivity index (χ3v) is 7.68. The van der Waals surface area contributed by atoms with Crippen LogP contribution in [0.25, 0.3) is 11.2 Å². The van der Waals surface area contributed by atoms with Crippen LogP contribution in [-0.2, 0) is 18.6 Å². The van der Waals surface area contributed by atoms with Crippen LogP contribution in [0.5, 0.6) is 5.75 Å². The van der Waals surface area contributed by atoms with Gasteiger partial charge in [0.25, 0.3) is 5.13 Å². The summed E-state index contributed by atoms with van der Waals surface area (Å²) in [5, 5.41) is 22.3. The number of anilines is 2. The number of aliphatic hydroxyl groups excluding tert-OH is 1. The lowest BCUT2D eigenvalue weighted by atomic mass is 10.1. The number of imidazole rings is 1. The zero-order chi connectivity index (χ0) is 27.7. The normalized spacial score (nSPS) is 25.7. The van der Waals surface area contributed by atoms with Crippen molar-refractivity contribution in [3.63, 3.8) is 0 Å². The van der Waals surface area contributed by atoms with Gasteiger partial charge in [-0.15, -0.1) is 0 Å². The van der Waals surface area contributed by atoms with E-state index in [-0.39, 0.29) is 35.1 Å². The summed E-state index contributed by atoms with van der Waals surface area (Å²) in [6.07, 6.45) is -3.83. The molecule has 206 valence electrons. The number of hydrogen-bond donors (Lipinski definition) is 5. The van der Waals surface area contributed by atoms with E-state index in [1.165, 1.54) is 18.5 Å². The Balaban J connectivity index is 1.58. The summed E-state index contributed by atoms with van der Waals surface area (Å²) < 4.78 is 46.9. The molecule has 0 spiro atoms. The number of nitrogens with one attached hydrogen (secondary N) is 2. The highest BCUT2D eigenvalue weighted by Crippen LogP contribution is 2.49. The molecular formula is C21H26ClFN7O7P. The molecule has 6 atom stereocenters. The summed E-state index contributed by atoms with van der Waals surface area (Å²) in [7, 11) is -2.79. The van der Waals surface area contributed by atoms with Crippen molar-refractivity contribution in [2.75, 3.05) is 24.7 Å². The average Bonchev–Trinajstić information content (AvgIpc) is 3.39. The summed E-state index contributed by atoms with van der Waals surface area (Å²) >= 11 is 6.08. The van der Waals surface area contributed by atoms with Gasteiger partial charge in [-0.2, -0.15) is 15.1 Å². The minimum Gasteiger partial charge on any atom is -0.480 e. The third kappa shape index (κ3) is 5.53. The lowest BCUT2D eigenvalue weighted by Crippen LogP contribution is -2.40. The molecule has 0 bridgehead atoms. The largest absolute Gasteiger partial charge is 0.480 e. The van der Waals surface area contributed by atoms with Crippen molar-refractivity contribution < 1.29 is 37.7 Å². The van der Waals surface area contributed by atoms with Gasteiger partial charge in [-0.25, -0.2) is 13.9 Å². The van der Waals surface area contributed by atoms with Crippen molar-refractivity contribution in [1.82, 2.24) is 24.6 Å². The molecule has 38 heavy (non-hydrogen) atoms. The Morgan fingerprint density at radius 2 is 2.11 bits per heavy atom. The van der Waals surface area contributed by atoms with E-state index < -0.39 is 49.9 Å². The predicted molar refractivity (Wildman–Crippen MR) is 134 cm³/mol. The second-order valence-corrected chi connectivity index (χ2v) is 10.5. The van der Waals surface area contributed by atoms with Gasteiger partial charge >= 0.3 is 13.7 Å². The minimum atomic E-state index is -4.38. The van der Waals surface area contributed by atoms with Gasteiger partial charge in [-0.1, -0.05) is 36.7 Å². The number of nitrogens with zero attached hydrogens (tertiary/aromatic N) is 4. The zero-order valence-electron chi connectivity index (χ0n) is 20.2. The predicted octanol–water partition coefficient (Wildman–Crippen LogP) is 2.27. The van der Waals surface area contributed by atoms with Crippen molar-refractivity contribution in [2.24, 2.45) is 0 Å². The van der Waals surface area contributed by atoms with E-state index in [0.717, 1.165) is 4.57 Å². The number of alkyl halides is 2. The maximum absolute atomic E-state index is 15.6. The number of benzene rings is 1. The molecule has 17 heteroatoms. The molecule has 4 rings (SSSR count). The van der Waals surface area contributed by atoms with Gasteiger partial charge in [0, 0.05) is 7.05 Å². The molecule has 1 aromatic carbocycles. The first-order chi connectivity index (χ1) is 18.0. The molecule has 2 aromatic heterocycles. The summed E-state index contributed by atoms with van der Waals surface area (Å²) in [6.45, 7) is 0.873. The van der Waals surface area contributed by atoms with Crippen LogP contribution in [0.3, 0.4) is 0 Å². The number of aliphatic hydroxyl groups is 1. The number of rotatable bonds is 11. The van der Waals surface area contributed by atoms with Gasteiger partial charge < -0.3 is 30.5 Å². The molecule has 14 nitrogen and oxygen atoms in total. The molecule has 0 amide bonds. The Bertz CT molecular complexity index is 1350. The maximum Gasteiger partial charge on any atom is 0.459 e. The molecule has 0 radical (unpaired) electrons. The second kappa shape index (κ2) is 11.0. The Kier molecular flexibility index (Phi) is 8.06. The van der Waals surface area contributed by atoms with Gasteiger partial charge in [0.1, 0.15) is 24.0 Å². The van der Waals surface area contributed by atoms with Crippen molar-refractivity contribution in [1.29, 1.82) is 0 Å². The molecule has 1 saturated heterocycles. The first kappa shape index (κ1) is 28.0. The van der Waals surface area contributed by atoms with Crippen molar-refractivity contribution >= 4 is 48.2 Å². The Morgan fingerprint density at radius 1 is 1.39 bits per heavy atom. The topological polar surface area (TPSA) is 196 Å². The van der Waals surface area contributed by atoms with Crippen LogP contribution in [0.1, 0.15) is 19.6 Å². The van der Waals surface area contributed by atoms with Crippen LogP contribution in [0, 0.1) is 0 Å². The Labute approximate surface area is 220 Å². The molecule has 0 aliphatic carbocycles. The van der Waals surface area contributed by atoms with E-state index in [9.17, 15) is 19.6 Å². The Hall–Kier alpha value is -3.07. The number of aliphatic carboxylic acids is 1. The quantitative estimate of drug-likeness (QED) is 0.166. The van der Waals surface area contributed by atoms with E-state index in [0.29, 0.717) is 0 Å². The summed E-state index contributed by atoms with van der Waals surface area (Å²) in [5.41, 5.74) is 6.07. The van der Waals surface area contributed by atoms with Crippen LogP contribution in [-0.4, -0.2) is 72.7 Å². The monoisotopic (exact) mass is 573 g/mol. The van der Waals surface area contributed by atoms with Gasteiger partial charge in [0.2, 0.25) is 5.95 Å². The van der Waals surface area contributed by atoms with Gasteiger partial charge in [-0.3, -0.25) is 13.9 Å². The lowest BCUT2D eigenvalue weighted by molar-refractivity contribution is -0.139. The number of para-hydroxylation sites is 1. The zero-order valence-corrected chi connectivity index (χ0v) is 21.8. The van der Waals surface area contributed by atoms with E-state index in [1.54, 1.807) is 32.2 Å². The highest BCUT2D eigenvalue weighted by molar-refractivity contribution is 7.52. The number of hydrogen-bond acceptors (Lipinski definition) is 11. The average molecular weight is 574 g/mol. The summed E-state index contributed by atoms with van der Waals surface area (Å²) in [5.74, 6) is -1.02. The molecule has 1 aliphatic rings. The highest BCUT2D eigenvalue weighted by atomic mass is 35.5. The number of nitrogens with two attached hydrogens (primary N) is 1. The van der Waals surface area contributed by atoms with Gasteiger partial charge in [0.15, 0.2) is 23.2 Å². The molecule has 6 N–H and O–H groups in total. The van der Waals surface area contributed by atoms with Crippen LogP contribution in [0.4, 0.5) is 16.2 Å². The number of aromatic nitrogens is 4. The number of carbonyl (C=O) groups is 1. The fourth-order valence-electron chi connectivity index (χ4n) is 3.78. The number of nitrogen functional groups attached to an aromatic ring is 1. The molecule has 3 heterocycles. The second-order valence-electron chi connectivity index (χ2n) is 8.28. The summed E-state index contributed by atoms with van der Waals surface area (Å²) in [6, 6.07) is 6.60. The molecule has 0 saturated carbocycles. The number of carboxylic acids is 1. The van der Waals surface area contributed by atoms with Crippen LogP contribution < -0.4 is 20.7 Å². The van der Waals surface area contributed by atoms with Crippen molar-refractivity contribution in [3.05, 3.63) is 36.7 Å². The standard InChI is InChI=1S/C21H26ClFN7O7P/c1-3-12(18(32)33)29-38(34,37-11-7-5-4-6-8-11)35-9-13-15(31)21(22,23)19(36-13)30-10-26-14-16(25-2)27-20(24)28-17(14)30/h4-8,10,12-13,15,19,31H,3,9H2,1-2H3,(H,29,34)(H,32,33)(H3,24,25,27,28)/t12-,13+,15+,19+,21-,38?/m0/s1. The first-order valence-electron chi connectivity index (χ1n) is 11.4. The first-order valence-corrected chi connectivity index (χ1v) is 13.3. The number of fused-ring (bicyclic) bond motifs is 1. The molecule has 1 unspecified atom stereocenters. The SMILES string of the molecule is CC[C@H](NP(=O)(OC[C@H]1O[C@@H](n2cnc3c(NC)nc(N)nc32)[C@](F)(Cl)[C@@H]1O)Oc1ccccc1)C(=O)O. The van der Waals surface area contributed by atoms with Crippen molar-refractivity contribution in [3.8, 4) is 5.75 Å². The van der Waals surface area contributed by atoms with Gasteiger partial charge in [0.05, 0.1) is 12.9 Å². The molecule has 3 aromatic rings. The fourth-order valence-corrected chi connectivity index (χ4v) is 5.67. The third-order valence-electron chi connectivity index (χ3n) is 5.71. The minimum absolute atomic E-state index is 0.0496. The van der Waals surface area contributed by atoms with Gasteiger partial charge in [-0.05, 0) is 18.6 Å². The van der Waals surface area contributed by atoms with Crippen LogP contribution in [0.2, 0.25) is 0 Å². The smallest absolute Gasteiger partial charge is 0.459 e. The van der Waals surface area contributed by atoms with Crippen LogP contribution >= 0.6 is 19.3 Å². The maximum atomic E-state index is 15.6. The van der Waals surface area contributed by atoms with E-state index in [2.05, 4.69) is 25.4 Å². The molecular weight excluding hydrogens is 548 g/mol. The number of halogens is 2.